The maximum Gasteiger partial charge on any atom is 0.255 e. The first kappa shape index (κ1) is 17.0. The third-order valence-electron chi connectivity index (χ3n) is 3.17. The van der Waals surface area contributed by atoms with Crippen molar-refractivity contribution in [3.8, 4) is 11.5 Å². The van der Waals surface area contributed by atoms with Crippen LogP contribution in [-0.2, 0) is 14.8 Å². The summed E-state index contributed by atoms with van der Waals surface area (Å²) in [5, 5.41) is 3.66. The molecule has 0 unspecified atom stereocenters. The van der Waals surface area contributed by atoms with Crippen LogP contribution in [0.1, 0.15) is 5.76 Å². The molecule has 2 N–H and O–H groups in total. The van der Waals surface area contributed by atoms with E-state index >= 15 is 0 Å². The summed E-state index contributed by atoms with van der Waals surface area (Å²) < 4.78 is 42.4. The van der Waals surface area contributed by atoms with Crippen molar-refractivity contribution in [3.63, 3.8) is 0 Å². The zero-order valence-electron chi connectivity index (χ0n) is 13.0. The Morgan fingerprint density at radius 1 is 1.20 bits per heavy atom. The molecule has 25 heavy (non-hydrogen) atoms. The van der Waals surface area contributed by atoms with Crippen molar-refractivity contribution >= 4 is 22.1 Å². The fourth-order valence-corrected chi connectivity index (χ4v) is 3.00. The monoisotopic (exact) mass is 365 g/mol. The minimum absolute atomic E-state index is 0.0244. The molecule has 9 nitrogen and oxygen atoms in total. The highest BCUT2D eigenvalue weighted by molar-refractivity contribution is 7.89. The van der Waals surface area contributed by atoms with E-state index < -0.39 is 22.5 Å². The number of furan rings is 1. The Morgan fingerprint density at radius 2 is 2.00 bits per heavy atom. The van der Waals surface area contributed by atoms with Crippen molar-refractivity contribution in [3.05, 3.63) is 42.4 Å². The van der Waals surface area contributed by atoms with E-state index in [0.717, 1.165) is 0 Å². The summed E-state index contributed by atoms with van der Waals surface area (Å²) in [7, 11) is -3.87. The maximum absolute atomic E-state index is 12.2. The molecule has 0 radical (unpaired) electrons. The van der Waals surface area contributed by atoms with E-state index in [1.807, 2.05) is 0 Å². The van der Waals surface area contributed by atoms with Gasteiger partial charge in [0.25, 0.3) is 5.91 Å². The number of carbonyl (C=O) groups excluding carboxylic acids is 1. The number of ether oxygens (including phenoxy) is 2. The van der Waals surface area contributed by atoms with E-state index in [0.29, 0.717) is 30.5 Å². The highest BCUT2D eigenvalue weighted by atomic mass is 32.2. The normalized spacial score (nSPS) is 13.8. The average molecular weight is 365 g/mol. The number of hydrogen-bond acceptors (Lipinski definition) is 7. The molecule has 1 aromatic heterocycles. The highest BCUT2D eigenvalue weighted by Crippen LogP contribution is 2.32. The molecule has 1 aliphatic rings. The van der Waals surface area contributed by atoms with Crippen LogP contribution in [0.25, 0.3) is 0 Å². The molecule has 132 valence electrons. The van der Waals surface area contributed by atoms with Gasteiger partial charge in [-0.2, -0.15) is 5.10 Å². The second kappa shape index (κ2) is 7.36. The fraction of sp³-hybridized carbons (Fsp3) is 0.200. The lowest BCUT2D eigenvalue weighted by Gasteiger charge is -2.18. The zero-order valence-corrected chi connectivity index (χ0v) is 13.8. The van der Waals surface area contributed by atoms with E-state index in [1.54, 1.807) is 12.1 Å². The van der Waals surface area contributed by atoms with Gasteiger partial charge in [-0.15, -0.1) is 0 Å². The van der Waals surface area contributed by atoms with Gasteiger partial charge in [-0.05, 0) is 24.3 Å². The summed E-state index contributed by atoms with van der Waals surface area (Å²) in [4.78, 5) is 11.6. The van der Waals surface area contributed by atoms with Crippen molar-refractivity contribution in [1.82, 2.24) is 10.1 Å². The van der Waals surface area contributed by atoms with Crippen molar-refractivity contribution in [2.45, 2.75) is 4.90 Å². The Hall–Kier alpha value is -2.85. The molecular formula is C15H15N3O6S. The molecule has 1 aliphatic heterocycles. The smallest absolute Gasteiger partial charge is 0.255 e. The van der Waals surface area contributed by atoms with Crippen molar-refractivity contribution in [1.29, 1.82) is 0 Å². The van der Waals surface area contributed by atoms with Crippen LogP contribution in [0.5, 0.6) is 11.5 Å². The van der Waals surface area contributed by atoms with Crippen LogP contribution in [0.15, 0.2) is 51.0 Å². The zero-order chi connectivity index (χ0) is 17.7. The van der Waals surface area contributed by atoms with Crippen LogP contribution >= 0.6 is 0 Å². The number of carbonyl (C=O) groups is 1. The van der Waals surface area contributed by atoms with Crippen LogP contribution < -0.4 is 19.6 Å². The molecule has 0 aliphatic carbocycles. The SMILES string of the molecule is O=C(CNS(=O)(=O)c1ccc2c(c1)OCCO2)N/N=C\c1ccco1. The van der Waals surface area contributed by atoms with Gasteiger partial charge in [0.05, 0.1) is 23.9 Å². The number of amides is 1. The lowest BCUT2D eigenvalue weighted by molar-refractivity contribution is -0.119. The first-order chi connectivity index (χ1) is 12.0. The van der Waals surface area contributed by atoms with Gasteiger partial charge >= 0.3 is 0 Å². The topological polar surface area (TPSA) is 119 Å². The molecule has 1 amide bonds. The molecule has 2 aromatic rings. The van der Waals surface area contributed by atoms with Crippen molar-refractivity contribution < 1.29 is 27.1 Å². The fourth-order valence-electron chi connectivity index (χ4n) is 2.01. The van der Waals surface area contributed by atoms with E-state index in [9.17, 15) is 13.2 Å². The number of nitrogens with one attached hydrogen (secondary N) is 2. The second-order valence-corrected chi connectivity index (χ2v) is 6.71. The second-order valence-electron chi connectivity index (χ2n) is 4.94. The van der Waals surface area contributed by atoms with E-state index in [-0.39, 0.29) is 4.90 Å². The quantitative estimate of drug-likeness (QED) is 0.568. The first-order valence-corrected chi connectivity index (χ1v) is 8.78. The summed E-state index contributed by atoms with van der Waals surface area (Å²) in [6, 6.07) is 7.56. The van der Waals surface area contributed by atoms with Gasteiger partial charge in [0.15, 0.2) is 11.5 Å². The molecule has 0 bridgehead atoms. The molecule has 0 saturated carbocycles. The van der Waals surface area contributed by atoms with Crippen LogP contribution in [0.4, 0.5) is 0 Å². The van der Waals surface area contributed by atoms with E-state index in [4.69, 9.17) is 13.9 Å². The van der Waals surface area contributed by atoms with E-state index in [2.05, 4.69) is 15.2 Å². The van der Waals surface area contributed by atoms with Gasteiger partial charge in [-0.25, -0.2) is 18.6 Å². The number of sulfonamides is 1. The Labute approximate surface area is 143 Å². The maximum atomic E-state index is 12.2. The average Bonchev–Trinajstić information content (AvgIpc) is 3.13. The van der Waals surface area contributed by atoms with Gasteiger partial charge < -0.3 is 13.9 Å². The molecule has 2 heterocycles. The number of nitrogens with zero attached hydrogens (tertiary/aromatic N) is 1. The minimum Gasteiger partial charge on any atom is -0.486 e. The van der Waals surface area contributed by atoms with Gasteiger partial charge in [0.2, 0.25) is 10.0 Å². The van der Waals surface area contributed by atoms with Gasteiger partial charge in [0, 0.05) is 6.07 Å². The number of benzene rings is 1. The predicted molar refractivity (Wildman–Crippen MR) is 87.1 cm³/mol. The lowest BCUT2D eigenvalue weighted by atomic mass is 10.3. The molecule has 0 atom stereocenters. The molecule has 0 saturated heterocycles. The van der Waals surface area contributed by atoms with E-state index in [1.165, 1.54) is 30.7 Å². The molecular weight excluding hydrogens is 350 g/mol. The lowest BCUT2D eigenvalue weighted by Crippen LogP contribution is -2.35. The summed E-state index contributed by atoms with van der Waals surface area (Å²) in [6.07, 6.45) is 2.76. The summed E-state index contributed by atoms with van der Waals surface area (Å²) >= 11 is 0. The van der Waals surface area contributed by atoms with Crippen molar-refractivity contribution in [2.24, 2.45) is 5.10 Å². The molecule has 0 fully saturated rings. The number of hydrazone groups is 1. The van der Waals surface area contributed by atoms with Crippen molar-refractivity contribution in [2.75, 3.05) is 19.8 Å². The van der Waals surface area contributed by atoms with Crippen LogP contribution in [0, 0.1) is 0 Å². The van der Waals surface area contributed by atoms with Gasteiger partial charge in [-0.3, -0.25) is 4.79 Å². The third-order valence-corrected chi connectivity index (χ3v) is 4.57. The van der Waals surface area contributed by atoms with Gasteiger partial charge in [-0.1, -0.05) is 0 Å². The Kier molecular flexibility index (Phi) is 5.00. The largest absolute Gasteiger partial charge is 0.486 e. The number of fused-ring (bicyclic) bond motifs is 1. The van der Waals surface area contributed by atoms with Crippen LogP contribution in [0.2, 0.25) is 0 Å². The Bertz CT molecular complexity index is 877. The number of hydrogen-bond donors (Lipinski definition) is 2. The Morgan fingerprint density at radius 3 is 2.76 bits per heavy atom. The standard InChI is InChI=1S/C15H15N3O6S/c19-15(18-16-9-11-2-1-5-22-11)10-17-25(20,21)12-3-4-13-14(8-12)24-7-6-23-13/h1-5,8-9,17H,6-7,10H2,(H,18,19)/b16-9-. The third kappa shape index (κ3) is 4.37. The minimum atomic E-state index is -3.87. The molecule has 3 rings (SSSR count). The van der Waals surface area contributed by atoms with Gasteiger partial charge in [0.1, 0.15) is 19.0 Å². The Balaban J connectivity index is 1.57. The molecule has 10 heteroatoms. The summed E-state index contributed by atoms with van der Waals surface area (Å²) in [5.41, 5.74) is 2.19. The summed E-state index contributed by atoms with van der Waals surface area (Å²) in [6.45, 7) is 0.294. The van der Waals surface area contributed by atoms with Crippen LogP contribution in [-0.4, -0.2) is 40.3 Å². The first-order valence-electron chi connectivity index (χ1n) is 7.29. The predicted octanol–water partition coefficient (Wildman–Crippen LogP) is 0.479. The highest BCUT2D eigenvalue weighted by Gasteiger charge is 2.20. The molecule has 0 spiro atoms. The summed E-state index contributed by atoms with van der Waals surface area (Å²) in [5.74, 6) is 0.665. The van der Waals surface area contributed by atoms with Crippen LogP contribution in [0.3, 0.4) is 0 Å². The molecule has 1 aromatic carbocycles. The number of rotatable bonds is 6.